The van der Waals surface area contributed by atoms with Crippen LogP contribution < -0.4 is 24.8 Å². The molecule has 0 atom stereocenters. The topological polar surface area (TPSA) is 73.3 Å². The Morgan fingerprint density at radius 3 is 2.56 bits per heavy atom. The molecule has 0 saturated heterocycles. The highest BCUT2D eigenvalue weighted by Gasteiger charge is 2.11. The molecule has 0 fully saturated rings. The number of nitrogens with one attached hydrogen (secondary N) is 2. The summed E-state index contributed by atoms with van der Waals surface area (Å²) in [5, 5.41) is 6.40. The van der Waals surface area contributed by atoms with E-state index in [2.05, 4.69) is 20.4 Å². The average molecular weight is 565 g/mol. The number of nitrogens with zero attached hydrogens (tertiary/aromatic N) is 1. The van der Waals surface area contributed by atoms with Crippen molar-refractivity contribution in [3.05, 3.63) is 48.0 Å². The van der Waals surface area contributed by atoms with E-state index in [4.69, 9.17) is 14.2 Å². The van der Waals surface area contributed by atoms with Gasteiger partial charge < -0.3 is 29.6 Å². The minimum Gasteiger partial charge on any atom is -0.493 e. The van der Waals surface area contributed by atoms with Crippen molar-refractivity contribution in [2.45, 2.75) is 19.5 Å². The van der Waals surface area contributed by atoms with Gasteiger partial charge >= 0.3 is 6.61 Å². The van der Waals surface area contributed by atoms with Gasteiger partial charge in [-0.2, -0.15) is 8.78 Å². The van der Waals surface area contributed by atoms with Gasteiger partial charge in [-0.05, 0) is 36.2 Å². The van der Waals surface area contributed by atoms with E-state index in [0.29, 0.717) is 32.1 Å². The lowest BCUT2D eigenvalue weighted by molar-refractivity contribution is -0.0512. The maximum Gasteiger partial charge on any atom is 0.387 e. The van der Waals surface area contributed by atoms with E-state index >= 15 is 0 Å². The molecule has 10 heteroatoms. The lowest BCUT2D eigenvalue weighted by atomic mass is 10.1. The van der Waals surface area contributed by atoms with Gasteiger partial charge in [0.25, 0.3) is 0 Å². The van der Waals surface area contributed by atoms with E-state index in [1.165, 1.54) is 7.11 Å². The van der Waals surface area contributed by atoms with Crippen LogP contribution in [0.5, 0.6) is 17.2 Å². The minimum atomic E-state index is -2.91. The van der Waals surface area contributed by atoms with Crippen LogP contribution in [0.4, 0.5) is 14.5 Å². The van der Waals surface area contributed by atoms with E-state index in [1.54, 1.807) is 32.4 Å². The highest BCUT2D eigenvalue weighted by atomic mass is 127. The summed E-state index contributed by atoms with van der Waals surface area (Å²) in [6, 6.07) is 12.5. The predicted molar refractivity (Wildman–Crippen MR) is 132 cm³/mol. The molecule has 0 aromatic heterocycles. The maximum atomic E-state index is 12.6. The number of methoxy groups -OCH3 is 2. The Bertz CT molecular complexity index is 841. The molecule has 7 nitrogen and oxygen atoms in total. The minimum absolute atomic E-state index is 0. The van der Waals surface area contributed by atoms with Gasteiger partial charge in [-0.1, -0.05) is 12.1 Å². The van der Waals surface area contributed by atoms with Gasteiger partial charge in [0.1, 0.15) is 5.75 Å². The van der Waals surface area contributed by atoms with Crippen molar-refractivity contribution in [2.75, 3.05) is 46.3 Å². The van der Waals surface area contributed by atoms with Gasteiger partial charge in [0.05, 0.1) is 13.7 Å². The quantitative estimate of drug-likeness (QED) is 0.170. The lowest BCUT2D eigenvalue weighted by Crippen LogP contribution is -2.32. The van der Waals surface area contributed by atoms with Gasteiger partial charge in [0.15, 0.2) is 17.5 Å². The van der Waals surface area contributed by atoms with Crippen LogP contribution in [0.2, 0.25) is 0 Å². The van der Waals surface area contributed by atoms with E-state index in [9.17, 15) is 8.78 Å². The van der Waals surface area contributed by atoms with Gasteiger partial charge in [0.2, 0.25) is 0 Å². The highest BCUT2D eigenvalue weighted by molar-refractivity contribution is 14.0. The molecule has 0 heterocycles. The van der Waals surface area contributed by atoms with Crippen LogP contribution in [0.3, 0.4) is 0 Å². The first-order valence-corrected chi connectivity index (χ1v) is 9.87. The Balaban J connectivity index is 0.00000512. The fraction of sp³-hybridized carbons (Fsp3) is 0.409. The zero-order chi connectivity index (χ0) is 22.5. The third kappa shape index (κ3) is 9.86. The van der Waals surface area contributed by atoms with Gasteiger partial charge in [-0.3, -0.25) is 4.99 Å². The van der Waals surface area contributed by atoms with Crippen LogP contribution in [-0.2, 0) is 11.2 Å². The summed E-state index contributed by atoms with van der Waals surface area (Å²) in [5.74, 6) is 1.61. The molecule has 2 aromatic carbocycles. The van der Waals surface area contributed by atoms with Crippen molar-refractivity contribution in [3.63, 3.8) is 0 Å². The molecule has 0 amide bonds. The van der Waals surface area contributed by atoms with Crippen molar-refractivity contribution in [3.8, 4) is 17.2 Å². The number of anilines is 1. The number of hydrogen-bond donors (Lipinski definition) is 2. The first-order chi connectivity index (χ1) is 15.0. The molecule has 178 valence electrons. The molecule has 2 aromatic rings. The molecule has 0 bridgehead atoms. The summed E-state index contributed by atoms with van der Waals surface area (Å²) in [7, 11) is 4.74. The number of rotatable bonds is 12. The van der Waals surface area contributed by atoms with Crippen molar-refractivity contribution in [1.29, 1.82) is 0 Å². The summed E-state index contributed by atoms with van der Waals surface area (Å²) in [5.41, 5.74) is 1.65. The standard InChI is InChI=1S/C22H29F2N3O4.HI/c1-25-22(27-17-6-4-7-18(15-17)30-13-5-12-28-2)26-11-10-16-8-9-19(29-3)20(14-16)31-21(23)24;/h4,6-9,14-15,21H,5,10-13H2,1-3H3,(H2,25,26,27);1H. The number of alkyl halides is 2. The van der Waals surface area contributed by atoms with Gasteiger partial charge in [-0.25, -0.2) is 0 Å². The Labute approximate surface area is 204 Å². The fourth-order valence-electron chi connectivity index (χ4n) is 2.76. The van der Waals surface area contributed by atoms with Crippen molar-refractivity contribution >= 4 is 35.6 Å². The summed E-state index contributed by atoms with van der Waals surface area (Å²) >= 11 is 0. The zero-order valence-electron chi connectivity index (χ0n) is 18.4. The summed E-state index contributed by atoms with van der Waals surface area (Å²) < 4.78 is 45.5. The molecule has 0 aliphatic carbocycles. The second kappa shape index (κ2) is 15.5. The van der Waals surface area contributed by atoms with Crippen LogP contribution in [-0.4, -0.2) is 53.6 Å². The molecular weight excluding hydrogens is 535 g/mol. The molecule has 2 N–H and O–H groups in total. The van der Waals surface area contributed by atoms with E-state index in [0.717, 1.165) is 23.4 Å². The fourth-order valence-corrected chi connectivity index (χ4v) is 2.76. The van der Waals surface area contributed by atoms with Crippen LogP contribution >= 0.6 is 24.0 Å². The number of guanidine groups is 1. The van der Waals surface area contributed by atoms with Crippen LogP contribution in [0.15, 0.2) is 47.5 Å². The Morgan fingerprint density at radius 2 is 1.88 bits per heavy atom. The van der Waals surface area contributed by atoms with Gasteiger partial charge in [-0.15, -0.1) is 24.0 Å². The zero-order valence-corrected chi connectivity index (χ0v) is 20.7. The monoisotopic (exact) mass is 565 g/mol. The Hall–Kier alpha value is -2.34. The van der Waals surface area contributed by atoms with Crippen molar-refractivity contribution in [1.82, 2.24) is 5.32 Å². The second-order valence-electron chi connectivity index (χ2n) is 6.46. The number of benzene rings is 2. The smallest absolute Gasteiger partial charge is 0.387 e. The molecule has 2 rings (SSSR count). The van der Waals surface area contributed by atoms with Crippen LogP contribution in [0.25, 0.3) is 0 Å². The van der Waals surface area contributed by atoms with E-state index in [1.807, 2.05) is 24.3 Å². The molecule has 0 unspecified atom stereocenters. The van der Waals surface area contributed by atoms with E-state index < -0.39 is 6.61 Å². The molecule has 0 radical (unpaired) electrons. The Kier molecular flexibility index (Phi) is 13.4. The largest absolute Gasteiger partial charge is 0.493 e. The molecule has 0 spiro atoms. The summed E-state index contributed by atoms with van der Waals surface area (Å²) in [6.45, 7) is -1.15. The summed E-state index contributed by atoms with van der Waals surface area (Å²) in [6.07, 6.45) is 1.39. The lowest BCUT2D eigenvalue weighted by Gasteiger charge is -2.14. The van der Waals surface area contributed by atoms with E-state index in [-0.39, 0.29) is 35.5 Å². The predicted octanol–water partition coefficient (Wildman–Crippen LogP) is 4.56. The molecule has 0 saturated carbocycles. The molecule has 32 heavy (non-hydrogen) atoms. The Morgan fingerprint density at radius 1 is 1.06 bits per heavy atom. The number of aliphatic imine (C=N–C) groups is 1. The first-order valence-electron chi connectivity index (χ1n) is 9.87. The first kappa shape index (κ1) is 27.7. The highest BCUT2D eigenvalue weighted by Crippen LogP contribution is 2.29. The number of halogens is 3. The average Bonchev–Trinajstić information content (AvgIpc) is 2.76. The van der Waals surface area contributed by atoms with Crippen LogP contribution in [0.1, 0.15) is 12.0 Å². The molecule has 0 aliphatic rings. The number of ether oxygens (including phenoxy) is 4. The van der Waals surface area contributed by atoms with Gasteiger partial charge in [0, 0.05) is 45.5 Å². The molecular formula is C22H30F2IN3O4. The maximum absolute atomic E-state index is 12.6. The SMILES string of the molecule is CN=C(NCCc1ccc(OC)c(OC(F)F)c1)Nc1cccc(OCCCOC)c1.I. The third-order valence-electron chi connectivity index (χ3n) is 4.23. The van der Waals surface area contributed by atoms with Crippen molar-refractivity contribution in [2.24, 2.45) is 4.99 Å². The number of hydrogen-bond acceptors (Lipinski definition) is 5. The summed E-state index contributed by atoms with van der Waals surface area (Å²) in [4.78, 5) is 4.21. The van der Waals surface area contributed by atoms with Crippen LogP contribution in [0, 0.1) is 0 Å². The third-order valence-corrected chi connectivity index (χ3v) is 4.23. The normalized spacial score (nSPS) is 11.0. The van der Waals surface area contributed by atoms with Crippen molar-refractivity contribution < 1.29 is 27.7 Å². The molecule has 0 aliphatic heterocycles. The second-order valence-corrected chi connectivity index (χ2v) is 6.46.